The molecule has 0 aliphatic carbocycles. The maximum absolute atomic E-state index is 12.7. The maximum Gasteiger partial charge on any atom is 0.267 e. The maximum atomic E-state index is 12.7. The normalized spacial score (nSPS) is 15.5. The van der Waals surface area contributed by atoms with Gasteiger partial charge in [0.25, 0.3) is 5.91 Å². The number of halogens is 2. The summed E-state index contributed by atoms with van der Waals surface area (Å²) in [5.41, 5.74) is 0.499. The standard InChI is InChI=1S/C20H18Cl2N2O3S2/c21-13-4-9-16-17(12-13)28-19(18(16)22)20(25)23-14-5-7-15(8-6-14)29(26,27)24-10-2-1-3-11-24/h4-9,12H,1-3,10-11H2,(H,23,25). The van der Waals surface area contributed by atoms with Crippen molar-refractivity contribution in [1.82, 2.24) is 4.31 Å². The molecule has 0 spiro atoms. The van der Waals surface area contributed by atoms with Crippen molar-refractivity contribution in [2.75, 3.05) is 18.4 Å². The van der Waals surface area contributed by atoms with Crippen LogP contribution in [0.15, 0.2) is 47.4 Å². The number of carbonyl (C=O) groups is 1. The third kappa shape index (κ3) is 4.15. The second-order valence-electron chi connectivity index (χ2n) is 6.83. The van der Waals surface area contributed by atoms with Crippen molar-refractivity contribution in [2.45, 2.75) is 24.2 Å². The van der Waals surface area contributed by atoms with E-state index < -0.39 is 10.0 Å². The summed E-state index contributed by atoms with van der Waals surface area (Å²) in [4.78, 5) is 13.3. The molecule has 0 unspecified atom stereocenters. The molecule has 2 heterocycles. The van der Waals surface area contributed by atoms with Gasteiger partial charge in [0.05, 0.1) is 9.92 Å². The zero-order valence-electron chi connectivity index (χ0n) is 15.3. The first-order chi connectivity index (χ1) is 13.9. The molecule has 1 aliphatic heterocycles. The van der Waals surface area contributed by atoms with Crippen LogP contribution in [0.5, 0.6) is 0 Å². The van der Waals surface area contributed by atoms with Gasteiger partial charge in [-0.05, 0) is 49.2 Å². The minimum Gasteiger partial charge on any atom is -0.321 e. The molecule has 2 aromatic carbocycles. The average Bonchev–Trinajstić information content (AvgIpc) is 3.05. The van der Waals surface area contributed by atoms with Crippen molar-refractivity contribution in [3.8, 4) is 0 Å². The molecular formula is C20H18Cl2N2O3S2. The van der Waals surface area contributed by atoms with Gasteiger partial charge in [-0.15, -0.1) is 11.3 Å². The van der Waals surface area contributed by atoms with E-state index in [0.29, 0.717) is 33.7 Å². The second-order valence-corrected chi connectivity index (χ2v) is 10.6. The highest BCUT2D eigenvalue weighted by atomic mass is 35.5. The number of sulfonamides is 1. The Kier molecular flexibility index (Phi) is 5.86. The van der Waals surface area contributed by atoms with Crippen molar-refractivity contribution in [3.05, 3.63) is 57.4 Å². The number of nitrogens with one attached hydrogen (secondary N) is 1. The molecule has 0 radical (unpaired) electrons. The lowest BCUT2D eigenvalue weighted by Gasteiger charge is -2.25. The van der Waals surface area contributed by atoms with Gasteiger partial charge in [-0.2, -0.15) is 4.31 Å². The number of amides is 1. The van der Waals surface area contributed by atoms with Crippen LogP contribution >= 0.6 is 34.5 Å². The molecule has 1 N–H and O–H groups in total. The fraction of sp³-hybridized carbons (Fsp3) is 0.250. The van der Waals surface area contributed by atoms with Crippen LogP contribution in [0.4, 0.5) is 5.69 Å². The molecule has 3 aromatic rings. The van der Waals surface area contributed by atoms with Crippen LogP contribution in [0.2, 0.25) is 10.0 Å². The van der Waals surface area contributed by atoms with Crippen molar-refractivity contribution >= 4 is 66.2 Å². The molecule has 0 saturated carbocycles. The van der Waals surface area contributed by atoms with Gasteiger partial charge in [0.15, 0.2) is 0 Å². The number of carbonyl (C=O) groups excluding carboxylic acids is 1. The Morgan fingerprint density at radius 3 is 2.38 bits per heavy atom. The highest BCUT2D eigenvalue weighted by Gasteiger charge is 2.26. The van der Waals surface area contributed by atoms with Gasteiger partial charge in [0, 0.05) is 33.9 Å². The highest BCUT2D eigenvalue weighted by Crippen LogP contribution is 2.37. The molecule has 1 aliphatic rings. The summed E-state index contributed by atoms with van der Waals surface area (Å²) in [6.07, 6.45) is 2.83. The Balaban J connectivity index is 1.53. The van der Waals surface area contributed by atoms with Crippen molar-refractivity contribution in [3.63, 3.8) is 0 Å². The van der Waals surface area contributed by atoms with E-state index in [1.807, 2.05) is 0 Å². The number of nitrogens with zero attached hydrogens (tertiary/aromatic N) is 1. The lowest BCUT2D eigenvalue weighted by atomic mass is 10.2. The zero-order chi connectivity index (χ0) is 20.6. The predicted molar refractivity (Wildman–Crippen MR) is 119 cm³/mol. The number of rotatable bonds is 4. The van der Waals surface area contributed by atoms with Gasteiger partial charge in [0.1, 0.15) is 4.88 Å². The second kappa shape index (κ2) is 8.24. The number of anilines is 1. The van der Waals surface area contributed by atoms with Crippen LogP contribution in [0.3, 0.4) is 0 Å². The Morgan fingerprint density at radius 1 is 1.00 bits per heavy atom. The Bertz CT molecular complexity index is 1170. The summed E-state index contributed by atoms with van der Waals surface area (Å²) in [5.74, 6) is -0.348. The van der Waals surface area contributed by atoms with Crippen LogP contribution < -0.4 is 5.32 Å². The largest absolute Gasteiger partial charge is 0.321 e. The molecule has 4 rings (SSSR count). The average molecular weight is 469 g/mol. The smallest absolute Gasteiger partial charge is 0.267 e. The van der Waals surface area contributed by atoms with E-state index in [1.54, 1.807) is 30.3 Å². The molecule has 9 heteroatoms. The van der Waals surface area contributed by atoms with Gasteiger partial charge in [0.2, 0.25) is 10.0 Å². The Labute approximate surface area is 183 Å². The zero-order valence-corrected chi connectivity index (χ0v) is 18.5. The number of hydrogen-bond donors (Lipinski definition) is 1. The number of hydrogen-bond acceptors (Lipinski definition) is 4. The minimum absolute atomic E-state index is 0.229. The van der Waals surface area contributed by atoms with Gasteiger partial charge >= 0.3 is 0 Å². The molecule has 1 aromatic heterocycles. The Morgan fingerprint density at radius 2 is 1.69 bits per heavy atom. The van der Waals surface area contributed by atoms with E-state index in [9.17, 15) is 13.2 Å². The van der Waals surface area contributed by atoms with Gasteiger partial charge in [-0.25, -0.2) is 8.42 Å². The molecule has 0 bridgehead atoms. The van der Waals surface area contributed by atoms with E-state index in [0.717, 1.165) is 29.3 Å². The Hall–Kier alpha value is -1.64. The molecule has 1 amide bonds. The highest BCUT2D eigenvalue weighted by molar-refractivity contribution is 7.89. The number of piperidine rings is 1. The number of benzene rings is 2. The number of thiophene rings is 1. The van der Waals surface area contributed by atoms with E-state index in [1.165, 1.54) is 27.8 Å². The fourth-order valence-electron chi connectivity index (χ4n) is 3.34. The number of fused-ring (bicyclic) bond motifs is 1. The fourth-order valence-corrected chi connectivity index (χ4v) is 6.54. The minimum atomic E-state index is -3.50. The van der Waals surface area contributed by atoms with Crippen molar-refractivity contribution in [1.29, 1.82) is 0 Å². The van der Waals surface area contributed by atoms with Crippen LogP contribution in [0, 0.1) is 0 Å². The van der Waals surface area contributed by atoms with Crippen LogP contribution in [0.25, 0.3) is 10.1 Å². The summed E-state index contributed by atoms with van der Waals surface area (Å²) in [6, 6.07) is 11.5. The predicted octanol–water partition coefficient (Wildman–Crippen LogP) is 5.64. The summed E-state index contributed by atoms with van der Waals surface area (Å²) < 4.78 is 27.8. The summed E-state index contributed by atoms with van der Waals surface area (Å²) in [5, 5.41) is 4.51. The first-order valence-electron chi connectivity index (χ1n) is 9.15. The summed E-state index contributed by atoms with van der Waals surface area (Å²) in [7, 11) is -3.50. The lowest BCUT2D eigenvalue weighted by Crippen LogP contribution is -2.35. The first kappa shape index (κ1) is 20.6. The van der Waals surface area contributed by atoms with E-state index in [2.05, 4.69) is 5.32 Å². The molecule has 0 atom stereocenters. The summed E-state index contributed by atoms with van der Waals surface area (Å²) in [6.45, 7) is 1.10. The van der Waals surface area contributed by atoms with Crippen LogP contribution in [-0.2, 0) is 10.0 Å². The molecule has 1 fully saturated rings. The van der Waals surface area contributed by atoms with E-state index in [4.69, 9.17) is 23.2 Å². The SMILES string of the molecule is O=C(Nc1ccc(S(=O)(=O)N2CCCCC2)cc1)c1sc2cc(Cl)ccc2c1Cl. The van der Waals surface area contributed by atoms with Gasteiger partial charge < -0.3 is 5.32 Å². The quantitative estimate of drug-likeness (QED) is 0.538. The van der Waals surface area contributed by atoms with Crippen LogP contribution in [-0.4, -0.2) is 31.7 Å². The summed E-state index contributed by atoms with van der Waals surface area (Å²) >= 11 is 13.6. The van der Waals surface area contributed by atoms with Crippen molar-refractivity contribution < 1.29 is 13.2 Å². The first-order valence-corrected chi connectivity index (χ1v) is 12.2. The van der Waals surface area contributed by atoms with Gasteiger partial charge in [-0.1, -0.05) is 35.7 Å². The molecule has 1 saturated heterocycles. The lowest BCUT2D eigenvalue weighted by molar-refractivity contribution is 0.103. The molecule has 29 heavy (non-hydrogen) atoms. The van der Waals surface area contributed by atoms with Crippen LogP contribution in [0.1, 0.15) is 28.9 Å². The van der Waals surface area contributed by atoms with E-state index >= 15 is 0 Å². The van der Waals surface area contributed by atoms with E-state index in [-0.39, 0.29) is 10.8 Å². The molecule has 152 valence electrons. The van der Waals surface area contributed by atoms with Crippen molar-refractivity contribution in [2.24, 2.45) is 0 Å². The third-order valence-corrected chi connectivity index (χ3v) is 8.67. The monoisotopic (exact) mass is 468 g/mol. The molecule has 5 nitrogen and oxygen atoms in total. The molecular weight excluding hydrogens is 451 g/mol. The van der Waals surface area contributed by atoms with Gasteiger partial charge in [-0.3, -0.25) is 4.79 Å². The topological polar surface area (TPSA) is 66.5 Å². The third-order valence-electron chi connectivity index (χ3n) is 4.86.